The Bertz CT molecular complexity index is 1480. The standard InChI is InChI=1S/C28H30F3N7O/c1-2-37-13-15-38(16-14-37)12-9-19-3-5-22(6-4-19)34-26-25-20(7-10-33-27(25)39)17-24(36-26)35-23-18-21(8-11-32-23)28(29,30)31/h3-8,10-11,17-18H,2,9,12-16H2,1H3,(H,33,39)(H2,32,34,35,36). The molecule has 0 spiro atoms. The highest BCUT2D eigenvalue weighted by molar-refractivity contribution is 5.94. The molecular formula is C28H30F3N7O. The van der Waals surface area contributed by atoms with E-state index in [0.29, 0.717) is 10.8 Å². The summed E-state index contributed by atoms with van der Waals surface area (Å²) in [5.41, 5.74) is 0.798. The molecule has 0 bridgehead atoms. The van der Waals surface area contributed by atoms with E-state index in [1.807, 2.05) is 24.3 Å². The van der Waals surface area contributed by atoms with Crippen LogP contribution in [0.4, 0.5) is 36.3 Å². The van der Waals surface area contributed by atoms with Gasteiger partial charge in [0.1, 0.15) is 17.5 Å². The molecular weight excluding hydrogens is 507 g/mol. The summed E-state index contributed by atoms with van der Waals surface area (Å²) in [4.78, 5) is 28.7. The average molecular weight is 538 g/mol. The number of nitrogens with zero attached hydrogens (tertiary/aromatic N) is 4. The highest BCUT2D eigenvalue weighted by Crippen LogP contribution is 2.31. The van der Waals surface area contributed by atoms with Crippen molar-refractivity contribution in [1.82, 2.24) is 24.8 Å². The van der Waals surface area contributed by atoms with Crippen LogP contribution in [-0.2, 0) is 12.6 Å². The molecule has 1 aliphatic heterocycles. The number of rotatable bonds is 8. The summed E-state index contributed by atoms with van der Waals surface area (Å²) in [5.74, 6) is 0.528. The Labute approximate surface area is 223 Å². The third-order valence-corrected chi connectivity index (χ3v) is 6.94. The third-order valence-electron chi connectivity index (χ3n) is 6.94. The van der Waals surface area contributed by atoms with Gasteiger partial charge in [-0.25, -0.2) is 9.97 Å². The number of fused-ring (bicyclic) bond motifs is 1. The van der Waals surface area contributed by atoms with Crippen LogP contribution < -0.4 is 16.2 Å². The number of pyridine rings is 3. The van der Waals surface area contributed by atoms with Crippen molar-refractivity contribution in [2.45, 2.75) is 19.5 Å². The molecule has 0 saturated carbocycles. The molecule has 1 aliphatic rings. The van der Waals surface area contributed by atoms with Crippen molar-refractivity contribution in [3.8, 4) is 0 Å². The summed E-state index contributed by atoms with van der Waals surface area (Å²) in [6.45, 7) is 8.68. The van der Waals surface area contributed by atoms with E-state index in [9.17, 15) is 18.0 Å². The zero-order chi connectivity index (χ0) is 27.4. The SMILES string of the molecule is CCN1CCN(CCc2ccc(Nc3nc(Nc4cc(C(F)(F)F)ccn4)cc4cc[nH]c(=O)c34)cc2)CC1. The number of aromatic nitrogens is 3. The van der Waals surface area contributed by atoms with E-state index in [1.54, 1.807) is 12.1 Å². The lowest BCUT2D eigenvalue weighted by atomic mass is 10.1. The molecule has 5 rings (SSSR count). The highest BCUT2D eigenvalue weighted by atomic mass is 19.4. The van der Waals surface area contributed by atoms with Crippen LogP contribution >= 0.6 is 0 Å². The number of H-pyrrole nitrogens is 1. The summed E-state index contributed by atoms with van der Waals surface area (Å²) < 4.78 is 39.4. The van der Waals surface area contributed by atoms with Crippen LogP contribution in [0.1, 0.15) is 18.1 Å². The number of piperazine rings is 1. The molecule has 0 aliphatic carbocycles. The van der Waals surface area contributed by atoms with Crippen LogP contribution in [0.5, 0.6) is 0 Å². The minimum atomic E-state index is -4.49. The monoisotopic (exact) mass is 537 g/mol. The number of anilines is 4. The van der Waals surface area contributed by atoms with Crippen LogP contribution in [0, 0.1) is 0 Å². The van der Waals surface area contributed by atoms with Crippen molar-refractivity contribution >= 4 is 33.9 Å². The van der Waals surface area contributed by atoms with Gasteiger partial charge in [0.25, 0.3) is 5.56 Å². The Hall–Kier alpha value is -3.96. The lowest BCUT2D eigenvalue weighted by Gasteiger charge is -2.34. The van der Waals surface area contributed by atoms with Crippen molar-refractivity contribution in [2.24, 2.45) is 0 Å². The van der Waals surface area contributed by atoms with E-state index >= 15 is 0 Å². The molecule has 1 fully saturated rings. The molecule has 4 aromatic rings. The van der Waals surface area contributed by atoms with Crippen molar-refractivity contribution in [2.75, 3.05) is 49.9 Å². The summed E-state index contributed by atoms with van der Waals surface area (Å²) in [6.07, 6.45) is -0.955. The van der Waals surface area contributed by atoms with Gasteiger partial charge in [0.15, 0.2) is 0 Å². The predicted octanol–water partition coefficient (Wildman–Crippen LogP) is 5.00. The van der Waals surface area contributed by atoms with Gasteiger partial charge in [0.05, 0.1) is 10.9 Å². The zero-order valence-electron chi connectivity index (χ0n) is 21.6. The van der Waals surface area contributed by atoms with Gasteiger partial charge in [-0.15, -0.1) is 0 Å². The van der Waals surface area contributed by atoms with Gasteiger partial charge in [-0.05, 0) is 60.3 Å². The number of hydrogen-bond donors (Lipinski definition) is 3. The number of likely N-dealkylation sites (N-methyl/N-ethyl adjacent to an activating group) is 1. The van der Waals surface area contributed by atoms with E-state index in [2.05, 4.69) is 42.3 Å². The molecule has 204 valence electrons. The molecule has 4 heterocycles. The molecule has 39 heavy (non-hydrogen) atoms. The van der Waals surface area contributed by atoms with E-state index in [1.165, 1.54) is 11.8 Å². The molecule has 0 amide bonds. The fourth-order valence-corrected chi connectivity index (χ4v) is 4.68. The van der Waals surface area contributed by atoms with Crippen LogP contribution in [0.15, 0.2) is 65.7 Å². The molecule has 8 nitrogen and oxygen atoms in total. The number of halogens is 3. The normalized spacial score (nSPS) is 15.0. The third kappa shape index (κ3) is 6.55. The van der Waals surface area contributed by atoms with Crippen molar-refractivity contribution < 1.29 is 13.2 Å². The first-order valence-corrected chi connectivity index (χ1v) is 12.9. The maximum atomic E-state index is 13.1. The van der Waals surface area contributed by atoms with Gasteiger partial charge in [-0.3, -0.25) is 4.79 Å². The number of alkyl halides is 3. The molecule has 3 aromatic heterocycles. The van der Waals surface area contributed by atoms with Crippen molar-refractivity contribution in [1.29, 1.82) is 0 Å². The first-order chi connectivity index (χ1) is 18.8. The molecule has 1 saturated heterocycles. The summed E-state index contributed by atoms with van der Waals surface area (Å²) in [7, 11) is 0. The average Bonchev–Trinajstić information content (AvgIpc) is 2.92. The van der Waals surface area contributed by atoms with Gasteiger partial charge < -0.3 is 25.4 Å². The van der Waals surface area contributed by atoms with Crippen molar-refractivity contribution in [3.63, 3.8) is 0 Å². The molecule has 0 unspecified atom stereocenters. The van der Waals surface area contributed by atoms with Gasteiger partial charge in [-0.2, -0.15) is 13.2 Å². The number of aromatic amines is 1. The lowest BCUT2D eigenvalue weighted by Crippen LogP contribution is -2.46. The number of hydrogen-bond acceptors (Lipinski definition) is 7. The fraction of sp³-hybridized carbons (Fsp3) is 0.321. The molecule has 0 atom stereocenters. The first-order valence-electron chi connectivity index (χ1n) is 12.9. The maximum Gasteiger partial charge on any atom is 0.416 e. The molecule has 3 N–H and O–H groups in total. The minimum Gasteiger partial charge on any atom is -0.339 e. The van der Waals surface area contributed by atoms with Gasteiger partial charge >= 0.3 is 6.18 Å². The smallest absolute Gasteiger partial charge is 0.339 e. The number of benzene rings is 1. The second-order valence-corrected chi connectivity index (χ2v) is 9.53. The summed E-state index contributed by atoms with van der Waals surface area (Å²) >= 11 is 0. The summed E-state index contributed by atoms with van der Waals surface area (Å²) in [5, 5.41) is 6.96. The van der Waals surface area contributed by atoms with Crippen LogP contribution in [-0.4, -0.2) is 64.0 Å². The second kappa shape index (κ2) is 11.4. The number of nitrogens with one attached hydrogen (secondary N) is 3. The molecule has 11 heteroatoms. The van der Waals surface area contributed by atoms with Crippen LogP contribution in [0.3, 0.4) is 0 Å². The quantitative estimate of drug-likeness (QED) is 0.291. The second-order valence-electron chi connectivity index (χ2n) is 9.53. The van der Waals surface area contributed by atoms with E-state index in [0.717, 1.165) is 69.7 Å². The lowest BCUT2D eigenvalue weighted by molar-refractivity contribution is -0.137. The van der Waals surface area contributed by atoms with E-state index in [4.69, 9.17) is 0 Å². The Morgan fingerprint density at radius 2 is 1.69 bits per heavy atom. The minimum absolute atomic E-state index is 0.00655. The van der Waals surface area contributed by atoms with E-state index in [-0.39, 0.29) is 23.0 Å². The Balaban J connectivity index is 1.33. The van der Waals surface area contributed by atoms with Gasteiger partial charge in [0, 0.05) is 50.8 Å². The zero-order valence-corrected chi connectivity index (χ0v) is 21.6. The summed E-state index contributed by atoms with van der Waals surface area (Å²) in [6, 6.07) is 13.1. The van der Waals surface area contributed by atoms with Gasteiger partial charge in [-0.1, -0.05) is 19.1 Å². The maximum absolute atomic E-state index is 13.1. The molecule has 1 aromatic carbocycles. The highest BCUT2D eigenvalue weighted by Gasteiger charge is 2.30. The topological polar surface area (TPSA) is 89.2 Å². The first kappa shape index (κ1) is 26.6. The Morgan fingerprint density at radius 1 is 0.949 bits per heavy atom. The van der Waals surface area contributed by atoms with Crippen LogP contribution in [0.2, 0.25) is 0 Å². The Morgan fingerprint density at radius 3 is 2.41 bits per heavy atom. The van der Waals surface area contributed by atoms with Gasteiger partial charge in [0.2, 0.25) is 0 Å². The fourth-order valence-electron chi connectivity index (χ4n) is 4.68. The van der Waals surface area contributed by atoms with Crippen LogP contribution in [0.25, 0.3) is 10.8 Å². The molecule has 0 radical (unpaired) electrons. The Kier molecular flexibility index (Phi) is 7.80. The van der Waals surface area contributed by atoms with E-state index < -0.39 is 11.7 Å². The largest absolute Gasteiger partial charge is 0.416 e. The predicted molar refractivity (Wildman–Crippen MR) is 147 cm³/mol. The van der Waals surface area contributed by atoms with Crippen molar-refractivity contribution in [3.05, 3.63) is 82.4 Å².